The molecule has 2 aromatic heterocycles. The van der Waals surface area contributed by atoms with Crippen molar-refractivity contribution in [3.63, 3.8) is 0 Å². The van der Waals surface area contributed by atoms with Gasteiger partial charge in [-0.25, -0.2) is 4.98 Å². The van der Waals surface area contributed by atoms with E-state index in [0.717, 1.165) is 11.5 Å². The van der Waals surface area contributed by atoms with Gasteiger partial charge in [0.1, 0.15) is 5.82 Å². The van der Waals surface area contributed by atoms with E-state index in [1.807, 2.05) is 32.0 Å². The Morgan fingerprint density at radius 2 is 1.91 bits per heavy atom. The van der Waals surface area contributed by atoms with Crippen molar-refractivity contribution in [2.75, 3.05) is 5.32 Å². The molecule has 22 heavy (non-hydrogen) atoms. The molecule has 1 saturated carbocycles. The Hall–Kier alpha value is -1.10. The van der Waals surface area contributed by atoms with Crippen molar-refractivity contribution in [3.05, 3.63) is 53.1 Å². The van der Waals surface area contributed by atoms with Gasteiger partial charge in [0.2, 0.25) is 0 Å². The van der Waals surface area contributed by atoms with Crippen LogP contribution in [0, 0.1) is 0 Å². The van der Waals surface area contributed by atoms with Crippen LogP contribution in [0.2, 0.25) is 0 Å². The first-order chi connectivity index (χ1) is 10.3. The van der Waals surface area contributed by atoms with E-state index < -0.39 is 0 Å². The molecule has 0 spiro atoms. The minimum atomic E-state index is -0.0409. The third kappa shape index (κ3) is 4.97. The van der Waals surface area contributed by atoms with Crippen molar-refractivity contribution in [1.29, 1.82) is 0 Å². The minimum Gasteiger partial charge on any atom is -1.00 e. The monoisotopic (exact) mass is 309 g/mol. The second-order valence-electron chi connectivity index (χ2n) is 4.94. The van der Waals surface area contributed by atoms with Gasteiger partial charge in [-0.15, -0.1) is 0 Å². The molecule has 1 N–H and O–H groups in total. The van der Waals surface area contributed by atoms with E-state index >= 15 is 0 Å². The molecule has 3 rings (SSSR count). The van der Waals surface area contributed by atoms with Crippen LogP contribution in [0.3, 0.4) is 0 Å². The second-order valence-corrected chi connectivity index (χ2v) is 4.94. The van der Waals surface area contributed by atoms with Gasteiger partial charge in [-0.1, -0.05) is 32.8 Å². The zero-order chi connectivity index (χ0) is 15.1. The summed E-state index contributed by atoms with van der Waals surface area (Å²) in [5, 5.41) is 3.44. The Morgan fingerprint density at radius 3 is 2.50 bits per heavy atom. The number of hydrogen-bond donors (Lipinski definition) is 1. The molecule has 4 nitrogen and oxygen atoms in total. The summed E-state index contributed by atoms with van der Waals surface area (Å²) >= 11 is 0. The summed E-state index contributed by atoms with van der Waals surface area (Å²) in [7, 11) is 0. The number of aromatic nitrogens is 2. The SMILES string of the molecule is CC.O=c1ccccn1-c1ccc(NC2CCCC2)nc1.[H-].[Na+]. The summed E-state index contributed by atoms with van der Waals surface area (Å²) in [4.78, 5) is 16.1. The zero-order valence-corrected chi connectivity index (χ0v) is 15.7. The van der Waals surface area contributed by atoms with E-state index in [9.17, 15) is 4.79 Å². The summed E-state index contributed by atoms with van der Waals surface area (Å²) in [6.45, 7) is 4.00. The van der Waals surface area contributed by atoms with Gasteiger partial charge in [-0.2, -0.15) is 0 Å². The number of anilines is 1. The average molecular weight is 309 g/mol. The van der Waals surface area contributed by atoms with Crippen LogP contribution in [-0.4, -0.2) is 15.6 Å². The van der Waals surface area contributed by atoms with Gasteiger partial charge in [0, 0.05) is 18.3 Å². The molecule has 0 atom stereocenters. The Morgan fingerprint density at radius 1 is 1.18 bits per heavy atom. The van der Waals surface area contributed by atoms with Crippen molar-refractivity contribution in [2.45, 2.75) is 45.6 Å². The van der Waals surface area contributed by atoms with E-state index in [1.54, 1.807) is 29.1 Å². The number of pyridine rings is 2. The molecule has 0 aromatic carbocycles. The summed E-state index contributed by atoms with van der Waals surface area (Å²) in [5.74, 6) is 0.889. The van der Waals surface area contributed by atoms with E-state index in [4.69, 9.17) is 0 Å². The van der Waals surface area contributed by atoms with Crippen LogP contribution < -0.4 is 40.4 Å². The topological polar surface area (TPSA) is 46.9 Å². The van der Waals surface area contributed by atoms with Crippen molar-refractivity contribution in [1.82, 2.24) is 9.55 Å². The largest absolute Gasteiger partial charge is 1.00 e. The van der Waals surface area contributed by atoms with Crippen LogP contribution in [-0.2, 0) is 0 Å². The Balaban J connectivity index is 0.00000117. The molecule has 1 fully saturated rings. The summed E-state index contributed by atoms with van der Waals surface area (Å²) in [5.41, 5.74) is 0.753. The van der Waals surface area contributed by atoms with Crippen molar-refractivity contribution in [2.24, 2.45) is 0 Å². The molecule has 0 unspecified atom stereocenters. The molecule has 1 aliphatic carbocycles. The maximum absolute atomic E-state index is 11.7. The first-order valence-corrected chi connectivity index (χ1v) is 7.73. The van der Waals surface area contributed by atoms with E-state index in [-0.39, 0.29) is 36.5 Å². The smallest absolute Gasteiger partial charge is 1.00 e. The summed E-state index contributed by atoms with van der Waals surface area (Å²) < 4.78 is 1.59. The van der Waals surface area contributed by atoms with E-state index in [1.165, 1.54) is 25.7 Å². The van der Waals surface area contributed by atoms with Crippen LogP contribution >= 0.6 is 0 Å². The number of hydrogen-bond acceptors (Lipinski definition) is 3. The number of rotatable bonds is 3. The van der Waals surface area contributed by atoms with Crippen molar-refractivity contribution in [3.8, 4) is 5.69 Å². The second kappa shape index (κ2) is 9.82. The van der Waals surface area contributed by atoms with Gasteiger partial charge < -0.3 is 6.74 Å². The molecule has 0 radical (unpaired) electrons. The fraction of sp³-hybridized carbons (Fsp3) is 0.412. The van der Waals surface area contributed by atoms with Gasteiger partial charge in [0.05, 0.1) is 11.9 Å². The number of nitrogens with zero attached hydrogens (tertiary/aromatic N) is 2. The number of nitrogens with one attached hydrogen (secondary N) is 1. The van der Waals surface area contributed by atoms with Gasteiger partial charge in [0.25, 0.3) is 5.56 Å². The predicted octanol–water partition coefficient (Wildman–Crippen LogP) is 0.730. The zero-order valence-electron chi connectivity index (χ0n) is 14.7. The first-order valence-electron chi connectivity index (χ1n) is 7.73. The Bertz CT molecular complexity index is 610. The van der Waals surface area contributed by atoms with Crippen molar-refractivity contribution >= 4 is 5.82 Å². The Labute approximate surface area is 155 Å². The van der Waals surface area contributed by atoms with Gasteiger partial charge in [-0.05, 0) is 31.0 Å². The fourth-order valence-corrected chi connectivity index (χ4v) is 2.53. The van der Waals surface area contributed by atoms with E-state index in [2.05, 4.69) is 10.3 Å². The molecule has 114 valence electrons. The standard InChI is InChI=1S/C15H17N3O.C2H6.Na.H/c19-15-7-3-4-10-18(15)13-8-9-14(16-11-13)17-12-5-1-2-6-12;1-2;;/h3-4,7-12H,1-2,5-6H2,(H,16,17);1-2H3;;/q;;+1;-1. The maximum atomic E-state index is 11.7. The third-order valence-electron chi connectivity index (χ3n) is 3.56. The van der Waals surface area contributed by atoms with Crippen LogP contribution in [0.4, 0.5) is 5.82 Å². The minimum absolute atomic E-state index is 0. The Kier molecular flexibility index (Phi) is 8.46. The van der Waals surface area contributed by atoms with E-state index in [0.29, 0.717) is 6.04 Å². The van der Waals surface area contributed by atoms with Gasteiger partial charge in [-0.3, -0.25) is 9.36 Å². The van der Waals surface area contributed by atoms with Gasteiger partial charge >= 0.3 is 29.6 Å². The third-order valence-corrected chi connectivity index (χ3v) is 3.56. The summed E-state index contributed by atoms with van der Waals surface area (Å²) in [6.07, 6.45) is 8.54. The van der Waals surface area contributed by atoms with Crippen LogP contribution in [0.15, 0.2) is 47.5 Å². The molecule has 2 heterocycles. The molecule has 0 saturated heterocycles. The molecule has 0 amide bonds. The summed E-state index contributed by atoms with van der Waals surface area (Å²) in [6, 6.07) is 9.54. The van der Waals surface area contributed by atoms with Crippen molar-refractivity contribution < 1.29 is 31.0 Å². The van der Waals surface area contributed by atoms with Gasteiger partial charge in [0.15, 0.2) is 0 Å². The predicted molar refractivity (Wildman–Crippen MR) is 88.2 cm³/mol. The van der Waals surface area contributed by atoms with Crippen LogP contribution in [0.25, 0.3) is 5.69 Å². The molecule has 5 heteroatoms. The van der Waals surface area contributed by atoms with Crippen LogP contribution in [0.1, 0.15) is 41.0 Å². The molecular weight excluding hydrogens is 285 g/mol. The fourth-order valence-electron chi connectivity index (χ4n) is 2.53. The molecule has 0 bridgehead atoms. The molecule has 0 aliphatic heterocycles. The first kappa shape index (κ1) is 18.9. The molecule has 2 aromatic rings. The quantitative estimate of drug-likeness (QED) is 0.850. The average Bonchev–Trinajstić information content (AvgIpc) is 3.04. The maximum Gasteiger partial charge on any atom is 1.00 e. The molecular formula is C17H24N3NaO. The van der Waals surface area contributed by atoms with Crippen LogP contribution in [0.5, 0.6) is 0 Å². The molecule has 1 aliphatic rings. The normalized spacial score (nSPS) is 13.7.